The number of alkyl carbamates (subject to hydrolysis) is 2. The van der Waals surface area contributed by atoms with Crippen LogP contribution in [0.2, 0.25) is 0 Å². The molecule has 17 heteroatoms. The summed E-state index contributed by atoms with van der Waals surface area (Å²) in [7, 11) is 2.59. The number of carbonyl (C=O) groups excluding carboxylic acids is 4. The van der Waals surface area contributed by atoms with E-state index >= 15 is 0 Å². The van der Waals surface area contributed by atoms with Gasteiger partial charge in [0.05, 0.1) is 61.0 Å². The molecule has 4 aromatic heterocycles. The molecule has 0 spiro atoms. The van der Waals surface area contributed by atoms with E-state index in [-0.39, 0.29) is 35.7 Å². The number of aromatic nitrogens is 6. The van der Waals surface area contributed by atoms with Crippen molar-refractivity contribution in [3.05, 3.63) is 103 Å². The highest BCUT2D eigenvalue weighted by Crippen LogP contribution is 2.38. The maximum Gasteiger partial charge on any atom is 0.407 e. The van der Waals surface area contributed by atoms with E-state index in [0.717, 1.165) is 108 Å². The summed E-state index contributed by atoms with van der Waals surface area (Å²) in [6, 6.07) is 23.3. The van der Waals surface area contributed by atoms with Crippen molar-refractivity contribution in [1.29, 1.82) is 0 Å². The largest absolute Gasteiger partial charge is 0.453 e. The van der Waals surface area contributed by atoms with E-state index in [0.29, 0.717) is 24.7 Å². The van der Waals surface area contributed by atoms with Gasteiger partial charge in [0.1, 0.15) is 29.6 Å². The fourth-order valence-corrected chi connectivity index (χ4v) is 10.4. The average molecular weight is 964 g/mol. The van der Waals surface area contributed by atoms with Crippen molar-refractivity contribution in [2.45, 2.75) is 96.8 Å². The Morgan fingerprint density at radius 3 is 1.52 bits per heavy atom. The van der Waals surface area contributed by atoms with Crippen molar-refractivity contribution in [2.75, 3.05) is 45.3 Å². The number of rotatable bonds is 14. The van der Waals surface area contributed by atoms with E-state index in [2.05, 4.69) is 78.6 Å². The van der Waals surface area contributed by atoms with E-state index in [9.17, 15) is 19.2 Å². The minimum Gasteiger partial charge on any atom is -0.453 e. The summed E-state index contributed by atoms with van der Waals surface area (Å²) in [4.78, 5) is 80.0. The molecule has 372 valence electrons. The molecule has 3 aliphatic rings. The van der Waals surface area contributed by atoms with E-state index in [1.165, 1.54) is 20.6 Å². The number of likely N-dealkylation sites (tertiary alicyclic amines) is 2. The van der Waals surface area contributed by atoms with Crippen LogP contribution in [0.4, 0.5) is 15.4 Å². The Morgan fingerprint density at radius 2 is 1.08 bits per heavy atom. The molecule has 2 aromatic carbocycles. The number of nitrogens with zero attached hydrogens (tertiary/aromatic N) is 7. The molecular weight excluding hydrogens is 899 g/mol. The van der Waals surface area contributed by atoms with E-state index < -0.39 is 24.3 Å². The van der Waals surface area contributed by atoms with Gasteiger partial charge in [-0.25, -0.2) is 24.5 Å². The molecule has 0 bridgehead atoms. The Balaban J connectivity index is 1.02. The predicted octanol–water partition coefficient (Wildman–Crippen LogP) is 9.07. The Bertz CT molecular complexity index is 2680. The van der Waals surface area contributed by atoms with Gasteiger partial charge in [-0.1, -0.05) is 64.1 Å². The maximum atomic E-state index is 13.9. The van der Waals surface area contributed by atoms with Crippen LogP contribution in [0.5, 0.6) is 0 Å². The Hall–Kier alpha value is -7.43. The Morgan fingerprint density at radius 1 is 0.606 bits per heavy atom. The molecular formula is C54H65N11O6. The van der Waals surface area contributed by atoms with Crippen LogP contribution < -0.4 is 15.5 Å². The van der Waals surface area contributed by atoms with Gasteiger partial charge in [0.2, 0.25) is 11.8 Å². The molecule has 4 amide bonds. The summed E-state index contributed by atoms with van der Waals surface area (Å²) in [5, 5.41) is 5.46. The van der Waals surface area contributed by atoms with Gasteiger partial charge in [-0.05, 0) is 104 Å². The molecule has 0 radical (unpaired) electrons. The minimum absolute atomic E-state index is 0.134. The van der Waals surface area contributed by atoms with Crippen molar-refractivity contribution >= 4 is 29.8 Å². The second-order valence-electron chi connectivity index (χ2n) is 19.5. The van der Waals surface area contributed by atoms with E-state index in [4.69, 9.17) is 24.4 Å². The molecule has 4 atom stereocenters. The van der Waals surface area contributed by atoms with Crippen molar-refractivity contribution in [1.82, 2.24) is 49.9 Å². The number of amides is 4. The maximum absolute atomic E-state index is 13.9. The van der Waals surface area contributed by atoms with Crippen LogP contribution in [-0.4, -0.2) is 116 Å². The van der Waals surface area contributed by atoms with Gasteiger partial charge in [0, 0.05) is 49.7 Å². The van der Waals surface area contributed by atoms with Crippen molar-refractivity contribution in [2.24, 2.45) is 11.8 Å². The third-order valence-corrected chi connectivity index (χ3v) is 14.1. The summed E-state index contributed by atoms with van der Waals surface area (Å²) < 4.78 is 11.9. The van der Waals surface area contributed by atoms with Gasteiger partial charge in [-0.3, -0.25) is 9.59 Å². The molecule has 0 unspecified atom stereocenters. The molecule has 4 N–H and O–H groups in total. The van der Waals surface area contributed by atoms with Crippen molar-refractivity contribution < 1.29 is 28.7 Å². The Kier molecular flexibility index (Phi) is 14.6. The third-order valence-electron chi connectivity index (χ3n) is 14.1. The fourth-order valence-electron chi connectivity index (χ4n) is 10.4. The third kappa shape index (κ3) is 10.3. The molecule has 3 aliphatic heterocycles. The Labute approximate surface area is 414 Å². The number of nitrogens with one attached hydrogen (secondary N) is 4. The number of anilines is 1. The molecule has 3 fully saturated rings. The number of imidazole rings is 2. The topological polar surface area (TPSA) is 196 Å². The van der Waals surface area contributed by atoms with Crippen LogP contribution in [0.3, 0.4) is 0 Å². The molecule has 9 rings (SSSR count). The summed E-state index contributed by atoms with van der Waals surface area (Å²) in [5.41, 5.74) is 8.16. The standard InChI is InChI=1S/C54H65N11O6/c1-33(2)47(60-53(68)70-5)51(66)63-26-12-18-44(63)49-56-31-40(58-49)35-14-10-16-37(28-35)42-21-22-43(65(42)39-20-23-46(55-30-39)62-24-8-7-9-25-62)38-17-11-15-36(29-38)41-32-57-50(59-41)45-19-13-27-64(45)52(67)48(34(3)4)61-54(69)71-6/h10-11,14-17,20-23,28-34,44-45,47-48H,7-9,12-13,18-19,24-27H2,1-6H3,(H,56,58)(H,57,59)(H,60,68)(H,61,69)/t44-,45-,47-,48-/m0/s1. The first-order chi connectivity index (χ1) is 34.4. The molecule has 0 aliphatic carbocycles. The number of hydrogen-bond donors (Lipinski definition) is 4. The van der Waals surface area contributed by atoms with Crippen molar-refractivity contribution in [3.63, 3.8) is 0 Å². The highest BCUT2D eigenvalue weighted by Gasteiger charge is 2.39. The lowest BCUT2D eigenvalue weighted by molar-refractivity contribution is -0.136. The lowest BCUT2D eigenvalue weighted by Gasteiger charge is -2.29. The van der Waals surface area contributed by atoms with Crippen molar-refractivity contribution in [3.8, 4) is 50.7 Å². The average Bonchev–Trinajstić information content (AvgIpc) is 4.26. The first kappa shape index (κ1) is 48.6. The van der Waals surface area contributed by atoms with Crippen LogP contribution in [0.1, 0.15) is 96.4 Å². The zero-order valence-electron chi connectivity index (χ0n) is 41.5. The molecule has 6 aromatic rings. The normalized spacial score (nSPS) is 17.9. The summed E-state index contributed by atoms with van der Waals surface area (Å²) in [5.74, 6) is 1.80. The molecule has 3 saturated heterocycles. The summed E-state index contributed by atoms with van der Waals surface area (Å²) in [6.07, 6.45) is 11.2. The summed E-state index contributed by atoms with van der Waals surface area (Å²) >= 11 is 0. The smallest absolute Gasteiger partial charge is 0.407 e. The van der Waals surface area contributed by atoms with Gasteiger partial charge in [-0.15, -0.1) is 0 Å². The quantitative estimate of drug-likeness (QED) is 0.0818. The first-order valence-electron chi connectivity index (χ1n) is 25.0. The van der Waals surface area contributed by atoms with E-state index in [1.807, 2.05) is 80.4 Å². The number of pyridine rings is 1. The van der Waals surface area contributed by atoms with Crippen LogP contribution in [0, 0.1) is 11.8 Å². The van der Waals surface area contributed by atoms with Gasteiger partial charge in [-0.2, -0.15) is 0 Å². The van der Waals surface area contributed by atoms with Crippen LogP contribution in [0.15, 0.2) is 91.4 Å². The van der Waals surface area contributed by atoms with Crippen LogP contribution in [0.25, 0.3) is 50.7 Å². The summed E-state index contributed by atoms with van der Waals surface area (Å²) in [6.45, 7) is 10.8. The number of H-pyrrole nitrogens is 2. The number of benzene rings is 2. The number of carbonyl (C=O) groups is 4. The SMILES string of the molecule is COC(=O)N[C@H](C(=O)N1CCC[C@H]1c1nc(-c2cccc(-c3ccc(-c4cccc(-c5c[nH]c([C@@H]6CCCN6C(=O)[C@@H](NC(=O)OC)C(C)C)n5)c4)n3-c3ccc(N4CCCCC4)nc3)c2)c[nH]1)C(C)C. The zero-order chi connectivity index (χ0) is 49.8. The van der Waals surface area contributed by atoms with Crippen LogP contribution in [-0.2, 0) is 19.1 Å². The van der Waals surface area contributed by atoms with Gasteiger partial charge < -0.3 is 49.3 Å². The second-order valence-corrected chi connectivity index (χ2v) is 19.5. The number of hydrogen-bond acceptors (Lipinski definition) is 10. The predicted molar refractivity (Wildman–Crippen MR) is 271 cm³/mol. The molecule has 17 nitrogen and oxygen atoms in total. The minimum atomic E-state index is -0.721. The number of methoxy groups -OCH3 is 2. The van der Waals surface area contributed by atoms with Crippen LogP contribution >= 0.6 is 0 Å². The molecule has 71 heavy (non-hydrogen) atoms. The number of ether oxygens (including phenoxy) is 2. The lowest BCUT2D eigenvalue weighted by atomic mass is 10.0. The number of piperidine rings is 1. The lowest BCUT2D eigenvalue weighted by Crippen LogP contribution is -2.51. The molecule has 7 heterocycles. The van der Waals surface area contributed by atoms with Gasteiger partial charge in [0.25, 0.3) is 0 Å². The molecule has 0 saturated carbocycles. The number of aromatic amines is 2. The van der Waals surface area contributed by atoms with Gasteiger partial charge >= 0.3 is 12.2 Å². The van der Waals surface area contributed by atoms with Gasteiger partial charge in [0.15, 0.2) is 0 Å². The monoisotopic (exact) mass is 964 g/mol. The van der Waals surface area contributed by atoms with E-state index in [1.54, 1.807) is 0 Å². The first-order valence-corrected chi connectivity index (χ1v) is 25.0. The fraction of sp³-hybridized carbons (Fsp3) is 0.426. The zero-order valence-corrected chi connectivity index (χ0v) is 41.5. The second kappa shape index (κ2) is 21.3. The highest BCUT2D eigenvalue weighted by molar-refractivity contribution is 5.87. The highest BCUT2D eigenvalue weighted by atomic mass is 16.5.